The van der Waals surface area contributed by atoms with E-state index in [2.05, 4.69) is 4.72 Å². The molecule has 0 amide bonds. The van der Waals surface area contributed by atoms with E-state index in [9.17, 15) is 12.8 Å². The molecule has 114 valence electrons. The molecule has 5 nitrogen and oxygen atoms in total. The fourth-order valence-corrected chi connectivity index (χ4v) is 3.00. The number of halogens is 2. The van der Waals surface area contributed by atoms with Crippen LogP contribution in [-0.4, -0.2) is 34.5 Å². The van der Waals surface area contributed by atoms with E-state index in [1.54, 1.807) is 13.8 Å². The van der Waals surface area contributed by atoms with Gasteiger partial charge in [-0.3, -0.25) is 0 Å². The third-order valence-electron chi connectivity index (χ3n) is 2.33. The number of hydrogen-bond acceptors (Lipinski definition) is 4. The van der Waals surface area contributed by atoms with E-state index in [0.717, 1.165) is 12.1 Å². The quantitative estimate of drug-likeness (QED) is 0.744. The molecule has 0 fully saturated rings. The standard InChI is InChI=1S/C12H17ClFNO4S/c1-3-18-12(19-4-2)8-15-20(16,17)11-7-9(14)5-6-10(11)13/h5-7,12,15H,3-4,8H2,1-2H3. The Balaban J connectivity index is 2.81. The Labute approximate surface area is 123 Å². The van der Waals surface area contributed by atoms with Crippen molar-refractivity contribution in [1.29, 1.82) is 0 Å². The van der Waals surface area contributed by atoms with E-state index in [1.807, 2.05) is 0 Å². The van der Waals surface area contributed by atoms with Gasteiger partial charge in [0, 0.05) is 13.2 Å². The second-order valence-corrected chi connectivity index (χ2v) is 5.91. The molecule has 1 aromatic carbocycles. The van der Waals surface area contributed by atoms with Gasteiger partial charge in [-0.05, 0) is 32.0 Å². The lowest BCUT2D eigenvalue weighted by atomic mass is 10.3. The molecule has 1 aromatic rings. The molecule has 1 N–H and O–H groups in total. The van der Waals surface area contributed by atoms with Crippen LogP contribution >= 0.6 is 11.6 Å². The van der Waals surface area contributed by atoms with Crippen LogP contribution in [0.3, 0.4) is 0 Å². The average Bonchev–Trinajstić information content (AvgIpc) is 2.39. The highest BCUT2D eigenvalue weighted by molar-refractivity contribution is 7.89. The molecule has 20 heavy (non-hydrogen) atoms. The first kappa shape index (κ1) is 17.3. The lowest BCUT2D eigenvalue weighted by molar-refractivity contribution is -0.130. The Kier molecular flexibility index (Phi) is 6.84. The van der Waals surface area contributed by atoms with Crippen LogP contribution in [-0.2, 0) is 19.5 Å². The van der Waals surface area contributed by atoms with Gasteiger partial charge in [-0.25, -0.2) is 17.5 Å². The molecule has 1 rings (SSSR count). The second kappa shape index (κ2) is 7.90. The Morgan fingerprint density at radius 2 is 1.90 bits per heavy atom. The average molecular weight is 326 g/mol. The van der Waals surface area contributed by atoms with Crippen molar-refractivity contribution < 1.29 is 22.3 Å². The highest BCUT2D eigenvalue weighted by Gasteiger charge is 2.20. The monoisotopic (exact) mass is 325 g/mol. The molecule has 0 aliphatic rings. The van der Waals surface area contributed by atoms with Crippen molar-refractivity contribution in [3.8, 4) is 0 Å². The summed E-state index contributed by atoms with van der Waals surface area (Å²) in [5.41, 5.74) is 0. The predicted molar refractivity (Wildman–Crippen MR) is 73.6 cm³/mol. The van der Waals surface area contributed by atoms with Gasteiger partial charge >= 0.3 is 0 Å². The summed E-state index contributed by atoms with van der Waals surface area (Å²) >= 11 is 5.77. The summed E-state index contributed by atoms with van der Waals surface area (Å²) in [6.45, 7) is 4.21. The molecule has 0 unspecified atom stereocenters. The van der Waals surface area contributed by atoms with Crippen molar-refractivity contribution in [3.05, 3.63) is 29.0 Å². The molecular weight excluding hydrogens is 309 g/mol. The van der Waals surface area contributed by atoms with Gasteiger partial charge in [0.1, 0.15) is 10.7 Å². The fraction of sp³-hybridized carbons (Fsp3) is 0.500. The van der Waals surface area contributed by atoms with Gasteiger partial charge in [-0.1, -0.05) is 11.6 Å². The van der Waals surface area contributed by atoms with Crippen LogP contribution in [0, 0.1) is 5.82 Å². The van der Waals surface area contributed by atoms with Crippen LogP contribution in [0.5, 0.6) is 0 Å². The minimum atomic E-state index is -3.93. The normalized spacial score (nSPS) is 12.1. The van der Waals surface area contributed by atoms with E-state index in [-0.39, 0.29) is 16.5 Å². The van der Waals surface area contributed by atoms with Gasteiger partial charge in [-0.15, -0.1) is 0 Å². The lowest BCUT2D eigenvalue weighted by Gasteiger charge is -2.17. The maximum Gasteiger partial charge on any atom is 0.242 e. The fourth-order valence-electron chi connectivity index (χ4n) is 1.48. The Bertz CT molecular complexity index is 532. The molecule has 0 heterocycles. The Hall–Kier alpha value is -0.730. The minimum absolute atomic E-state index is 0.0525. The topological polar surface area (TPSA) is 64.6 Å². The number of benzene rings is 1. The number of sulfonamides is 1. The van der Waals surface area contributed by atoms with Crippen LogP contribution in [0.15, 0.2) is 23.1 Å². The number of rotatable bonds is 8. The molecular formula is C12H17ClFNO4S. The SMILES string of the molecule is CCOC(CNS(=O)(=O)c1cc(F)ccc1Cl)OCC. The third-order valence-corrected chi connectivity index (χ3v) is 4.23. The summed E-state index contributed by atoms with van der Waals surface area (Å²) in [5.74, 6) is -0.680. The number of nitrogens with one attached hydrogen (secondary N) is 1. The molecule has 0 radical (unpaired) electrons. The van der Waals surface area contributed by atoms with Crippen LogP contribution in [0.4, 0.5) is 4.39 Å². The van der Waals surface area contributed by atoms with Crippen LogP contribution in [0.1, 0.15) is 13.8 Å². The van der Waals surface area contributed by atoms with Crippen molar-refractivity contribution in [2.45, 2.75) is 25.0 Å². The van der Waals surface area contributed by atoms with Crippen LogP contribution in [0.25, 0.3) is 0 Å². The smallest absolute Gasteiger partial charge is 0.242 e. The first-order valence-corrected chi connectivity index (χ1v) is 7.94. The van der Waals surface area contributed by atoms with Gasteiger partial charge in [0.2, 0.25) is 10.0 Å². The second-order valence-electron chi connectivity index (χ2n) is 3.77. The van der Waals surface area contributed by atoms with Crippen molar-refractivity contribution >= 4 is 21.6 Å². The van der Waals surface area contributed by atoms with Gasteiger partial charge < -0.3 is 9.47 Å². The van der Waals surface area contributed by atoms with E-state index in [1.165, 1.54) is 6.07 Å². The molecule has 0 aliphatic heterocycles. The number of ether oxygens (including phenoxy) is 2. The van der Waals surface area contributed by atoms with E-state index >= 15 is 0 Å². The van der Waals surface area contributed by atoms with Crippen LogP contribution in [0.2, 0.25) is 5.02 Å². The summed E-state index contributed by atoms with van der Waals surface area (Å²) in [6, 6.07) is 3.14. The highest BCUT2D eigenvalue weighted by Crippen LogP contribution is 2.21. The minimum Gasteiger partial charge on any atom is -0.352 e. The zero-order valence-corrected chi connectivity index (χ0v) is 12.8. The van der Waals surface area contributed by atoms with Gasteiger partial charge in [-0.2, -0.15) is 0 Å². The van der Waals surface area contributed by atoms with Crippen molar-refractivity contribution in [2.75, 3.05) is 19.8 Å². The molecule has 0 bridgehead atoms. The van der Waals surface area contributed by atoms with E-state index < -0.39 is 22.1 Å². The molecule has 0 atom stereocenters. The summed E-state index contributed by atoms with van der Waals surface area (Å²) in [6.07, 6.45) is -0.702. The molecule has 0 saturated heterocycles. The maximum atomic E-state index is 13.1. The largest absolute Gasteiger partial charge is 0.352 e. The molecule has 8 heteroatoms. The van der Waals surface area contributed by atoms with Gasteiger partial charge in [0.05, 0.1) is 11.6 Å². The summed E-state index contributed by atoms with van der Waals surface area (Å²) in [4.78, 5) is -0.314. The molecule has 0 aromatic heterocycles. The number of hydrogen-bond donors (Lipinski definition) is 1. The van der Waals surface area contributed by atoms with Crippen LogP contribution < -0.4 is 4.72 Å². The summed E-state index contributed by atoms with van der Waals surface area (Å²) in [5, 5.41) is -0.0525. The zero-order valence-electron chi connectivity index (χ0n) is 11.2. The first-order chi connectivity index (χ1) is 9.40. The zero-order chi connectivity index (χ0) is 15.2. The van der Waals surface area contributed by atoms with E-state index in [4.69, 9.17) is 21.1 Å². The Morgan fingerprint density at radius 3 is 2.45 bits per heavy atom. The molecule has 0 aliphatic carbocycles. The third kappa shape index (κ3) is 4.99. The van der Waals surface area contributed by atoms with Crippen molar-refractivity contribution in [3.63, 3.8) is 0 Å². The van der Waals surface area contributed by atoms with Gasteiger partial charge in [0.15, 0.2) is 6.29 Å². The lowest BCUT2D eigenvalue weighted by Crippen LogP contribution is -2.35. The summed E-state index contributed by atoms with van der Waals surface area (Å²) < 4.78 is 49.9. The molecule has 0 saturated carbocycles. The first-order valence-electron chi connectivity index (χ1n) is 6.08. The van der Waals surface area contributed by atoms with Crippen molar-refractivity contribution in [1.82, 2.24) is 4.72 Å². The van der Waals surface area contributed by atoms with E-state index in [0.29, 0.717) is 13.2 Å². The maximum absolute atomic E-state index is 13.1. The summed E-state index contributed by atoms with van der Waals surface area (Å²) in [7, 11) is -3.93. The predicted octanol–water partition coefficient (Wildman–Crippen LogP) is 2.16. The van der Waals surface area contributed by atoms with Crippen molar-refractivity contribution in [2.24, 2.45) is 0 Å². The molecule has 0 spiro atoms. The Morgan fingerprint density at radius 1 is 1.30 bits per heavy atom. The van der Waals surface area contributed by atoms with Gasteiger partial charge in [0.25, 0.3) is 0 Å². The highest BCUT2D eigenvalue weighted by atomic mass is 35.5.